The van der Waals surface area contributed by atoms with E-state index in [2.05, 4.69) is 4.98 Å². The Labute approximate surface area is 230 Å². The summed E-state index contributed by atoms with van der Waals surface area (Å²) in [6.07, 6.45) is 0.867. The van der Waals surface area contributed by atoms with Crippen LogP contribution in [0.25, 0.3) is 16.0 Å². The van der Waals surface area contributed by atoms with E-state index in [9.17, 15) is 14.7 Å². The number of benzene rings is 3. The van der Waals surface area contributed by atoms with E-state index in [1.165, 1.54) is 16.2 Å². The number of methoxy groups -OCH3 is 2. The number of rotatable bonds is 8. The number of fused-ring (bicyclic) bond motifs is 1. The first-order valence-corrected chi connectivity index (χ1v) is 13.3. The highest BCUT2D eigenvalue weighted by atomic mass is 32.1. The number of Topliss-reactive ketones (excluding diaryl/α,β-unsaturated/α-hetero) is 1. The summed E-state index contributed by atoms with van der Waals surface area (Å²) >= 11 is 1.28. The van der Waals surface area contributed by atoms with Crippen molar-refractivity contribution in [1.82, 2.24) is 4.98 Å². The van der Waals surface area contributed by atoms with E-state index >= 15 is 0 Å². The van der Waals surface area contributed by atoms with E-state index in [1.54, 1.807) is 68.8 Å². The fourth-order valence-electron chi connectivity index (χ4n) is 4.62. The summed E-state index contributed by atoms with van der Waals surface area (Å²) in [7, 11) is 3.14. The molecular weight excluding hydrogens is 516 g/mol. The number of aromatic nitrogens is 1. The van der Waals surface area contributed by atoms with Gasteiger partial charge < -0.3 is 19.3 Å². The molecule has 200 valence electrons. The second-order valence-corrected chi connectivity index (χ2v) is 10.1. The molecule has 1 amide bonds. The van der Waals surface area contributed by atoms with E-state index in [0.29, 0.717) is 45.6 Å². The number of hydrogen-bond donors (Lipinski definition) is 1. The molecule has 1 saturated heterocycles. The summed E-state index contributed by atoms with van der Waals surface area (Å²) in [5.74, 6) is 0.180. The molecule has 39 heavy (non-hydrogen) atoms. The molecule has 1 aliphatic rings. The third-order valence-corrected chi connectivity index (χ3v) is 7.59. The number of aryl methyl sites for hydroxylation is 1. The number of nitrogens with zero attached hydrogens (tertiary/aromatic N) is 2. The largest absolute Gasteiger partial charge is 0.507 e. The van der Waals surface area contributed by atoms with Crippen molar-refractivity contribution in [3.63, 3.8) is 0 Å². The second-order valence-electron chi connectivity index (χ2n) is 9.10. The minimum Gasteiger partial charge on any atom is -0.507 e. The lowest BCUT2D eigenvalue weighted by Crippen LogP contribution is -2.29. The van der Waals surface area contributed by atoms with Gasteiger partial charge in [-0.2, -0.15) is 0 Å². The minimum absolute atomic E-state index is 0.0105. The zero-order chi connectivity index (χ0) is 27.7. The van der Waals surface area contributed by atoms with Crippen LogP contribution < -0.4 is 19.1 Å². The van der Waals surface area contributed by atoms with Gasteiger partial charge in [-0.25, -0.2) is 4.98 Å². The topological polar surface area (TPSA) is 98.2 Å². The van der Waals surface area contributed by atoms with E-state index in [4.69, 9.17) is 14.2 Å². The number of aliphatic hydroxyl groups is 1. The first-order valence-electron chi connectivity index (χ1n) is 12.5. The lowest BCUT2D eigenvalue weighted by molar-refractivity contribution is -0.132. The van der Waals surface area contributed by atoms with Crippen LogP contribution >= 0.6 is 11.3 Å². The van der Waals surface area contributed by atoms with E-state index in [0.717, 1.165) is 16.7 Å². The molecule has 9 heteroatoms. The predicted molar refractivity (Wildman–Crippen MR) is 151 cm³/mol. The maximum Gasteiger partial charge on any atom is 0.301 e. The summed E-state index contributed by atoms with van der Waals surface area (Å²) in [6, 6.07) is 16.8. The Morgan fingerprint density at radius 1 is 1.00 bits per heavy atom. The molecule has 1 N–H and O–H groups in total. The van der Waals surface area contributed by atoms with Crippen LogP contribution in [-0.2, 0) is 9.59 Å². The van der Waals surface area contributed by atoms with E-state index in [-0.39, 0.29) is 11.3 Å². The summed E-state index contributed by atoms with van der Waals surface area (Å²) in [5, 5.41) is 11.8. The monoisotopic (exact) mass is 544 g/mol. The molecule has 8 nitrogen and oxygen atoms in total. The third kappa shape index (κ3) is 4.81. The van der Waals surface area contributed by atoms with Crippen molar-refractivity contribution in [2.45, 2.75) is 26.3 Å². The Hall–Kier alpha value is -4.37. The van der Waals surface area contributed by atoms with Crippen LogP contribution in [0.5, 0.6) is 17.2 Å². The normalized spacial score (nSPS) is 16.6. The van der Waals surface area contributed by atoms with Crippen molar-refractivity contribution in [2.24, 2.45) is 0 Å². The van der Waals surface area contributed by atoms with Gasteiger partial charge in [0, 0.05) is 5.56 Å². The first kappa shape index (κ1) is 26.2. The maximum absolute atomic E-state index is 13.5. The van der Waals surface area contributed by atoms with Crippen molar-refractivity contribution >= 4 is 44.1 Å². The summed E-state index contributed by atoms with van der Waals surface area (Å²) in [6.45, 7) is 4.44. The fourth-order valence-corrected chi connectivity index (χ4v) is 5.64. The number of anilines is 1. The number of aliphatic hydroxyl groups excluding tert-OH is 1. The fraction of sp³-hybridized carbons (Fsp3) is 0.233. The standard InChI is InChI=1S/C30H28N2O6S/c1-5-14-38-20-9-6-18(7-10-20)26-25(27(33)19-8-13-23(37-4)17(2)15-19)28(34)29(35)32(26)30-31-22-12-11-21(36-3)16-24(22)39-30/h6-13,15-16,26,33H,5,14H2,1-4H3/b27-25+/t26-/m1/s1. The summed E-state index contributed by atoms with van der Waals surface area (Å²) in [5.41, 5.74) is 2.49. The first-order chi connectivity index (χ1) is 18.9. The van der Waals surface area contributed by atoms with Gasteiger partial charge in [0.25, 0.3) is 5.78 Å². The Morgan fingerprint density at radius 2 is 1.74 bits per heavy atom. The number of thiazole rings is 1. The van der Waals surface area contributed by atoms with E-state index < -0.39 is 17.7 Å². The van der Waals surface area contributed by atoms with Crippen LogP contribution in [0.4, 0.5) is 5.13 Å². The van der Waals surface area contributed by atoms with Gasteiger partial charge in [0.05, 0.1) is 42.7 Å². The third-order valence-electron chi connectivity index (χ3n) is 6.57. The number of carbonyl (C=O) groups is 2. The van der Waals surface area contributed by atoms with Crippen LogP contribution in [0, 0.1) is 6.92 Å². The van der Waals surface area contributed by atoms with Gasteiger partial charge in [0.2, 0.25) is 0 Å². The summed E-state index contributed by atoms with van der Waals surface area (Å²) in [4.78, 5) is 33.1. The SMILES string of the molecule is CCCOc1ccc([C@@H]2/C(=C(\O)c3ccc(OC)c(C)c3)C(=O)C(=O)N2c2nc3ccc(OC)cc3s2)cc1. The highest BCUT2D eigenvalue weighted by Crippen LogP contribution is 2.45. The van der Waals surface area contributed by atoms with Crippen LogP contribution in [0.1, 0.15) is 36.1 Å². The minimum atomic E-state index is -0.893. The van der Waals surface area contributed by atoms with Crippen molar-refractivity contribution in [3.8, 4) is 17.2 Å². The van der Waals surface area contributed by atoms with Crippen LogP contribution in [-0.4, -0.2) is 42.6 Å². The number of ether oxygens (including phenoxy) is 3. The van der Waals surface area contributed by atoms with Crippen LogP contribution in [0.3, 0.4) is 0 Å². The molecule has 0 unspecified atom stereocenters. The number of hydrogen-bond acceptors (Lipinski definition) is 8. The quantitative estimate of drug-likeness (QED) is 0.164. The van der Waals surface area contributed by atoms with Crippen molar-refractivity contribution in [1.29, 1.82) is 0 Å². The molecule has 1 atom stereocenters. The van der Waals surface area contributed by atoms with Gasteiger partial charge >= 0.3 is 5.91 Å². The number of amides is 1. The lowest BCUT2D eigenvalue weighted by atomic mass is 9.95. The second kappa shape index (κ2) is 10.8. The molecule has 2 heterocycles. The molecule has 3 aromatic carbocycles. The molecule has 0 aliphatic carbocycles. The van der Waals surface area contributed by atoms with Crippen LogP contribution in [0.15, 0.2) is 66.2 Å². The van der Waals surface area contributed by atoms with Gasteiger partial charge in [0.1, 0.15) is 23.0 Å². The van der Waals surface area contributed by atoms with Crippen LogP contribution in [0.2, 0.25) is 0 Å². The van der Waals surface area contributed by atoms with Gasteiger partial charge in [0.15, 0.2) is 5.13 Å². The van der Waals surface area contributed by atoms with Crippen molar-refractivity contribution in [3.05, 3.63) is 82.9 Å². The smallest absolute Gasteiger partial charge is 0.301 e. The molecule has 1 fully saturated rings. The molecule has 0 bridgehead atoms. The Balaban J connectivity index is 1.67. The van der Waals surface area contributed by atoms with Crippen molar-refractivity contribution in [2.75, 3.05) is 25.7 Å². The molecule has 0 radical (unpaired) electrons. The van der Waals surface area contributed by atoms with Crippen molar-refractivity contribution < 1.29 is 28.9 Å². The highest BCUT2D eigenvalue weighted by molar-refractivity contribution is 7.22. The molecular formula is C30H28N2O6S. The van der Waals surface area contributed by atoms with E-state index in [1.807, 2.05) is 19.9 Å². The molecule has 5 rings (SSSR count). The maximum atomic E-state index is 13.5. The molecule has 1 aromatic heterocycles. The number of ketones is 1. The Kier molecular flexibility index (Phi) is 7.26. The zero-order valence-corrected chi connectivity index (χ0v) is 22.9. The van der Waals surface area contributed by atoms with Gasteiger partial charge in [-0.1, -0.05) is 30.4 Å². The van der Waals surface area contributed by atoms with Gasteiger partial charge in [-0.3, -0.25) is 14.5 Å². The molecule has 0 spiro atoms. The average molecular weight is 545 g/mol. The highest BCUT2D eigenvalue weighted by Gasteiger charge is 2.48. The Bertz CT molecular complexity index is 1590. The van der Waals surface area contributed by atoms with Gasteiger partial charge in [-0.15, -0.1) is 0 Å². The molecule has 1 aliphatic heterocycles. The van der Waals surface area contributed by atoms with Gasteiger partial charge in [-0.05, 0) is 73.0 Å². The Morgan fingerprint density at radius 3 is 2.41 bits per heavy atom. The molecule has 4 aromatic rings. The zero-order valence-electron chi connectivity index (χ0n) is 22.1. The predicted octanol–water partition coefficient (Wildman–Crippen LogP) is 6.04. The summed E-state index contributed by atoms with van der Waals surface area (Å²) < 4.78 is 17.2. The number of carbonyl (C=O) groups excluding carboxylic acids is 2. The lowest BCUT2D eigenvalue weighted by Gasteiger charge is -2.23. The average Bonchev–Trinajstić information content (AvgIpc) is 3.49. The molecule has 0 saturated carbocycles.